The summed E-state index contributed by atoms with van der Waals surface area (Å²) in [7, 11) is 1.32. The van der Waals surface area contributed by atoms with Crippen LogP contribution in [-0.2, 0) is 9.53 Å². The molecule has 0 saturated carbocycles. The number of carbonyl (C=O) groups excluding carboxylic acids is 1. The van der Waals surface area contributed by atoms with Crippen LogP contribution in [0.1, 0.15) is 6.42 Å². The van der Waals surface area contributed by atoms with Gasteiger partial charge in [0.05, 0.1) is 7.11 Å². The zero-order valence-electron chi connectivity index (χ0n) is 5.44. The Morgan fingerprint density at radius 3 is 3.10 bits per heavy atom. The summed E-state index contributed by atoms with van der Waals surface area (Å²) in [5.74, 6) is 0.0415. The molecule has 0 unspecified atom stereocenters. The fourth-order valence-electron chi connectivity index (χ4n) is 0.493. The number of hydrogen-bond acceptors (Lipinski definition) is 4. The van der Waals surface area contributed by atoms with Crippen LogP contribution in [-0.4, -0.2) is 25.3 Å². The summed E-state index contributed by atoms with van der Waals surface area (Å²) < 4.78 is 4.38. The number of nitrogens with zero attached hydrogens (tertiary/aromatic N) is 3. The van der Waals surface area contributed by atoms with Crippen molar-refractivity contribution in [1.82, 2.24) is 5.43 Å². The molecular formula is C5H6N3O2. The number of aliphatic imine (C=N–C) groups is 1. The van der Waals surface area contributed by atoms with Crippen LogP contribution >= 0.6 is 0 Å². The normalized spacial score (nSPS) is 14.3. The molecule has 1 aliphatic rings. The largest absolute Gasteiger partial charge is 0.469 e. The van der Waals surface area contributed by atoms with Gasteiger partial charge in [-0.2, -0.15) is 0 Å². The van der Waals surface area contributed by atoms with E-state index in [1.54, 1.807) is 0 Å². The topological polar surface area (TPSA) is 65.1 Å². The molecule has 0 atom stereocenters. The van der Waals surface area contributed by atoms with Gasteiger partial charge in [0.2, 0.25) is 0 Å². The molecule has 1 radical (unpaired) electrons. The molecule has 10 heavy (non-hydrogen) atoms. The molecule has 0 amide bonds. The molecule has 0 saturated heterocycles. The Morgan fingerprint density at radius 2 is 2.60 bits per heavy atom. The minimum Gasteiger partial charge on any atom is -0.469 e. The van der Waals surface area contributed by atoms with Crippen LogP contribution in [0.2, 0.25) is 0 Å². The van der Waals surface area contributed by atoms with Gasteiger partial charge in [0, 0.05) is 0 Å². The molecule has 5 heteroatoms. The standard InChI is InChI=1S/C5H6N3O2/c1-10-5(9)2-4-6-3-7-8-4/h3H,2H2,1H3. The molecule has 5 nitrogen and oxygen atoms in total. The first-order chi connectivity index (χ1) is 4.83. The van der Waals surface area contributed by atoms with Crippen LogP contribution in [0.5, 0.6) is 0 Å². The average Bonchev–Trinajstić information content (AvgIpc) is 2.40. The molecule has 0 aromatic rings. The van der Waals surface area contributed by atoms with Crippen molar-refractivity contribution in [2.24, 2.45) is 10.1 Å². The first-order valence-electron chi connectivity index (χ1n) is 2.69. The van der Waals surface area contributed by atoms with Crippen LogP contribution in [0.25, 0.3) is 0 Å². The van der Waals surface area contributed by atoms with E-state index in [-0.39, 0.29) is 12.4 Å². The maximum absolute atomic E-state index is 10.5. The molecule has 0 aromatic carbocycles. The van der Waals surface area contributed by atoms with Gasteiger partial charge in [0.15, 0.2) is 5.84 Å². The van der Waals surface area contributed by atoms with Crippen LogP contribution in [0.15, 0.2) is 10.1 Å². The van der Waals surface area contributed by atoms with Gasteiger partial charge >= 0.3 is 5.97 Å². The van der Waals surface area contributed by atoms with Crippen LogP contribution in [0, 0.1) is 0 Å². The van der Waals surface area contributed by atoms with E-state index in [0.717, 1.165) is 0 Å². The predicted octanol–water partition coefficient (Wildman–Crippen LogP) is -0.491. The number of rotatable bonds is 2. The molecule has 0 aliphatic carbocycles. The average molecular weight is 140 g/mol. The molecule has 0 N–H and O–H groups in total. The van der Waals surface area contributed by atoms with E-state index in [9.17, 15) is 4.79 Å². The van der Waals surface area contributed by atoms with Crippen molar-refractivity contribution in [3.8, 4) is 0 Å². The Hall–Kier alpha value is -1.39. The number of amidine groups is 1. The number of esters is 1. The van der Waals surface area contributed by atoms with E-state index >= 15 is 0 Å². The zero-order chi connectivity index (χ0) is 7.40. The predicted molar refractivity (Wildman–Crippen MR) is 34.7 cm³/mol. The lowest BCUT2D eigenvalue weighted by molar-refractivity contribution is -0.139. The SMILES string of the molecule is COC(=O)CC1=N[N]C=N1. The van der Waals surface area contributed by atoms with Gasteiger partial charge < -0.3 is 4.74 Å². The first kappa shape index (κ1) is 6.73. The molecule has 0 bridgehead atoms. The van der Waals surface area contributed by atoms with Crippen molar-refractivity contribution in [2.45, 2.75) is 6.42 Å². The molecular weight excluding hydrogens is 134 g/mol. The minimum absolute atomic E-state index is 0.0937. The lowest BCUT2D eigenvalue weighted by Crippen LogP contribution is -2.05. The highest BCUT2D eigenvalue weighted by Crippen LogP contribution is 1.94. The van der Waals surface area contributed by atoms with Crippen molar-refractivity contribution in [1.29, 1.82) is 0 Å². The quantitative estimate of drug-likeness (QED) is 0.486. The summed E-state index contributed by atoms with van der Waals surface area (Å²) in [6, 6.07) is 0. The van der Waals surface area contributed by atoms with Gasteiger partial charge in [-0.1, -0.05) is 0 Å². The third kappa shape index (κ3) is 1.54. The third-order valence-corrected chi connectivity index (χ3v) is 0.962. The molecule has 53 valence electrons. The summed E-state index contributed by atoms with van der Waals surface area (Å²) in [5.41, 5.74) is 3.44. The first-order valence-corrected chi connectivity index (χ1v) is 2.69. The van der Waals surface area contributed by atoms with E-state index in [0.29, 0.717) is 5.84 Å². The molecule has 1 heterocycles. The Morgan fingerprint density at radius 1 is 1.80 bits per heavy atom. The van der Waals surface area contributed by atoms with Crippen LogP contribution < -0.4 is 5.43 Å². The Bertz CT molecular complexity index is 197. The van der Waals surface area contributed by atoms with Crippen molar-refractivity contribution in [2.75, 3.05) is 7.11 Å². The Balaban J connectivity index is 2.38. The lowest BCUT2D eigenvalue weighted by atomic mass is 10.4. The number of hydrogen-bond donors (Lipinski definition) is 0. The maximum atomic E-state index is 10.5. The van der Waals surface area contributed by atoms with Crippen LogP contribution in [0.4, 0.5) is 0 Å². The number of carbonyl (C=O) groups is 1. The minimum atomic E-state index is -0.354. The third-order valence-electron chi connectivity index (χ3n) is 0.962. The van der Waals surface area contributed by atoms with Crippen LogP contribution in [0.3, 0.4) is 0 Å². The molecule has 0 spiro atoms. The van der Waals surface area contributed by atoms with E-state index in [1.807, 2.05) is 0 Å². The van der Waals surface area contributed by atoms with Crippen molar-refractivity contribution in [3.63, 3.8) is 0 Å². The molecule has 0 fully saturated rings. The monoisotopic (exact) mass is 140 g/mol. The smallest absolute Gasteiger partial charge is 0.313 e. The summed E-state index contributed by atoms with van der Waals surface area (Å²) >= 11 is 0. The highest BCUT2D eigenvalue weighted by atomic mass is 16.5. The number of methoxy groups -OCH3 is 1. The Kier molecular flexibility index (Phi) is 1.99. The maximum Gasteiger partial charge on any atom is 0.313 e. The van der Waals surface area contributed by atoms with Gasteiger partial charge in [-0.15, -0.1) is 10.5 Å². The Labute approximate surface area is 57.8 Å². The zero-order valence-corrected chi connectivity index (χ0v) is 5.44. The molecule has 0 aromatic heterocycles. The summed E-state index contributed by atoms with van der Waals surface area (Å²) in [6.45, 7) is 0. The van der Waals surface area contributed by atoms with Gasteiger partial charge in [-0.25, -0.2) is 4.99 Å². The van der Waals surface area contributed by atoms with Gasteiger partial charge in [-0.05, 0) is 0 Å². The van der Waals surface area contributed by atoms with Crippen molar-refractivity contribution < 1.29 is 9.53 Å². The second-order valence-corrected chi connectivity index (χ2v) is 1.63. The van der Waals surface area contributed by atoms with E-state index < -0.39 is 0 Å². The summed E-state index contributed by atoms with van der Waals surface area (Å²) in [5, 5.41) is 3.54. The van der Waals surface area contributed by atoms with E-state index in [4.69, 9.17) is 0 Å². The van der Waals surface area contributed by atoms with E-state index in [2.05, 4.69) is 20.3 Å². The highest BCUT2D eigenvalue weighted by molar-refractivity contribution is 6.02. The van der Waals surface area contributed by atoms with Gasteiger partial charge in [-0.3, -0.25) is 4.79 Å². The van der Waals surface area contributed by atoms with Gasteiger partial charge in [0.1, 0.15) is 12.8 Å². The summed E-state index contributed by atoms with van der Waals surface area (Å²) in [4.78, 5) is 14.2. The highest BCUT2D eigenvalue weighted by Gasteiger charge is 2.08. The van der Waals surface area contributed by atoms with Gasteiger partial charge in [0.25, 0.3) is 0 Å². The lowest BCUT2D eigenvalue weighted by Gasteiger charge is -1.92. The molecule has 1 aliphatic heterocycles. The molecule has 1 rings (SSSR count). The second-order valence-electron chi connectivity index (χ2n) is 1.63. The van der Waals surface area contributed by atoms with Crippen molar-refractivity contribution in [3.05, 3.63) is 0 Å². The van der Waals surface area contributed by atoms with E-state index in [1.165, 1.54) is 13.4 Å². The fraction of sp³-hybridized carbons (Fsp3) is 0.400. The summed E-state index contributed by atoms with van der Waals surface area (Å²) in [6.07, 6.45) is 1.38. The number of ether oxygens (including phenoxy) is 1. The van der Waals surface area contributed by atoms with Crippen molar-refractivity contribution >= 4 is 18.1 Å². The second kappa shape index (κ2) is 2.95. The fourth-order valence-corrected chi connectivity index (χ4v) is 0.493.